The number of nitrogens with one attached hydrogen (secondary N) is 1. The number of hydrogen-bond donors (Lipinski definition) is 2. The van der Waals surface area contributed by atoms with Crippen LogP contribution in [0.5, 0.6) is 11.5 Å². The van der Waals surface area contributed by atoms with Gasteiger partial charge in [-0.2, -0.15) is 0 Å². The first-order chi connectivity index (χ1) is 15.6. The predicted molar refractivity (Wildman–Crippen MR) is 117 cm³/mol. The average Bonchev–Trinajstić information content (AvgIpc) is 3.11. The van der Waals surface area contributed by atoms with Crippen molar-refractivity contribution in [1.29, 1.82) is 0 Å². The number of carbonyl (C=O) groups excluding carboxylic acids is 2. The van der Waals surface area contributed by atoms with Gasteiger partial charge in [0.1, 0.15) is 23.7 Å². The molecule has 0 radical (unpaired) electrons. The summed E-state index contributed by atoms with van der Waals surface area (Å²) in [6.45, 7) is 0.380. The number of carbonyl (C=O) groups is 2. The summed E-state index contributed by atoms with van der Waals surface area (Å²) in [5, 5.41) is 10.2. The lowest BCUT2D eigenvalue weighted by atomic mass is 9.94. The minimum Gasteiger partial charge on any atom is -0.487 e. The average molecular weight is 436 g/mol. The number of ether oxygens (including phenoxy) is 2. The number of hydrogen-bond acceptors (Lipinski definition) is 4. The summed E-state index contributed by atoms with van der Waals surface area (Å²) in [7, 11) is 0. The van der Waals surface area contributed by atoms with Crippen LogP contribution in [0, 0.1) is 0 Å². The molecule has 3 atom stereocenters. The molecule has 0 saturated heterocycles. The van der Waals surface area contributed by atoms with Crippen LogP contribution in [0.2, 0.25) is 0 Å². The molecule has 1 aliphatic carbocycles. The first kappa shape index (κ1) is 20.5. The minimum absolute atomic E-state index is 0.0186. The van der Waals surface area contributed by atoms with Gasteiger partial charge in [-0.05, 0) is 68.0 Å². The third-order valence-electron chi connectivity index (χ3n) is 6.47. The van der Waals surface area contributed by atoms with Gasteiger partial charge in [0.2, 0.25) is 0 Å². The summed E-state index contributed by atoms with van der Waals surface area (Å²) in [4.78, 5) is 28.5. The molecule has 2 N–H and O–H groups in total. The van der Waals surface area contributed by atoms with Gasteiger partial charge in [-0.1, -0.05) is 18.2 Å². The lowest BCUT2D eigenvalue weighted by Crippen LogP contribution is -2.82. The van der Waals surface area contributed by atoms with Gasteiger partial charge in [0.15, 0.2) is 6.04 Å². The van der Waals surface area contributed by atoms with Crippen LogP contribution >= 0.6 is 0 Å². The molecule has 7 heteroatoms. The van der Waals surface area contributed by atoms with E-state index in [2.05, 4.69) is 4.99 Å². The Balaban J connectivity index is 1.30. The molecule has 2 aromatic rings. The molecule has 166 valence electrons. The maximum absolute atomic E-state index is 12.9. The molecule has 0 bridgehead atoms. The van der Waals surface area contributed by atoms with Gasteiger partial charge >= 0.3 is 11.8 Å². The fraction of sp³-hybridized carbons (Fsp3) is 0.400. The van der Waals surface area contributed by atoms with Gasteiger partial charge in [-0.15, -0.1) is 4.99 Å². The molecule has 0 aromatic heterocycles. The number of aliphatic hydroxyl groups is 1. The first-order valence-electron chi connectivity index (χ1n) is 11.3. The van der Waals surface area contributed by atoms with Crippen LogP contribution in [0.15, 0.2) is 48.5 Å². The van der Waals surface area contributed by atoms with Crippen molar-refractivity contribution in [3.05, 3.63) is 59.7 Å². The van der Waals surface area contributed by atoms with Crippen LogP contribution < -0.4 is 14.5 Å². The Morgan fingerprint density at radius 3 is 2.34 bits per heavy atom. The lowest BCUT2D eigenvalue weighted by Gasteiger charge is -2.32. The van der Waals surface area contributed by atoms with E-state index in [0.717, 1.165) is 42.7 Å². The third-order valence-corrected chi connectivity index (χ3v) is 6.47. The number of aliphatic hydroxyl groups excluding tert-OH is 1. The van der Waals surface area contributed by atoms with E-state index in [1.54, 1.807) is 11.0 Å². The Morgan fingerprint density at radius 1 is 0.906 bits per heavy atom. The molecule has 5 rings (SSSR count). The van der Waals surface area contributed by atoms with Crippen molar-refractivity contribution in [2.24, 2.45) is 0 Å². The maximum Gasteiger partial charge on any atom is 0.388 e. The number of nitrogens with zero attached hydrogens (tertiary/aromatic N) is 1. The van der Waals surface area contributed by atoms with Gasteiger partial charge in [0.25, 0.3) is 5.91 Å². The molecule has 0 spiro atoms. The van der Waals surface area contributed by atoms with Crippen LogP contribution in [0.1, 0.15) is 54.4 Å². The van der Waals surface area contributed by atoms with Crippen molar-refractivity contribution in [1.82, 2.24) is 4.90 Å². The summed E-state index contributed by atoms with van der Waals surface area (Å²) >= 11 is 0. The molecule has 32 heavy (non-hydrogen) atoms. The highest BCUT2D eigenvalue weighted by Gasteiger charge is 2.41. The van der Waals surface area contributed by atoms with E-state index in [1.807, 2.05) is 42.5 Å². The summed E-state index contributed by atoms with van der Waals surface area (Å²) in [5.41, 5.74) is 1.48. The lowest BCUT2D eigenvalue weighted by molar-refractivity contribution is -0.394. The van der Waals surface area contributed by atoms with Crippen LogP contribution in [0.4, 0.5) is 0 Å². The summed E-state index contributed by atoms with van der Waals surface area (Å²) in [6, 6.07) is 14.9. The number of amides is 2. The molecule has 1 fully saturated rings. The fourth-order valence-corrected chi connectivity index (χ4v) is 4.82. The largest absolute Gasteiger partial charge is 0.487 e. The second kappa shape index (κ2) is 8.65. The molecule has 2 aliphatic heterocycles. The zero-order valence-corrected chi connectivity index (χ0v) is 17.8. The fourth-order valence-electron chi connectivity index (χ4n) is 4.82. The molecular weight excluding hydrogens is 408 g/mol. The van der Waals surface area contributed by atoms with Crippen molar-refractivity contribution < 1.29 is 29.2 Å². The van der Waals surface area contributed by atoms with E-state index >= 15 is 0 Å². The zero-order valence-electron chi connectivity index (χ0n) is 17.8. The van der Waals surface area contributed by atoms with Crippen LogP contribution in [-0.4, -0.2) is 46.0 Å². The summed E-state index contributed by atoms with van der Waals surface area (Å²) < 4.78 is 12.6. The van der Waals surface area contributed by atoms with Gasteiger partial charge < -0.3 is 19.5 Å². The van der Waals surface area contributed by atoms with E-state index in [-0.39, 0.29) is 36.3 Å². The normalized spacial score (nSPS) is 25.3. The van der Waals surface area contributed by atoms with Crippen LogP contribution in [0.25, 0.3) is 0 Å². The zero-order chi connectivity index (χ0) is 22.1. The van der Waals surface area contributed by atoms with Gasteiger partial charge in [-0.3, -0.25) is 4.79 Å². The summed E-state index contributed by atoms with van der Waals surface area (Å²) in [6.07, 6.45) is 4.71. The maximum atomic E-state index is 12.9. The molecule has 1 unspecified atom stereocenters. The quantitative estimate of drug-likeness (QED) is 0.751. The van der Waals surface area contributed by atoms with Crippen molar-refractivity contribution in [3.8, 4) is 11.5 Å². The minimum atomic E-state index is -0.501. The third kappa shape index (κ3) is 4.07. The molecule has 2 amide bonds. The second-order valence-electron chi connectivity index (χ2n) is 8.65. The first-order valence-corrected chi connectivity index (χ1v) is 11.3. The molecule has 2 aromatic carbocycles. The van der Waals surface area contributed by atoms with E-state index < -0.39 is 6.04 Å². The Kier molecular flexibility index (Phi) is 5.55. The Labute approximate surface area is 186 Å². The van der Waals surface area contributed by atoms with Crippen molar-refractivity contribution in [3.63, 3.8) is 0 Å². The number of fused-ring (bicyclic) bond motifs is 1. The molecular formula is C25H27N2O5+. The Morgan fingerprint density at radius 2 is 1.62 bits per heavy atom. The Bertz CT molecular complexity index is 1050. The van der Waals surface area contributed by atoms with Crippen LogP contribution in [-0.2, 0) is 11.3 Å². The number of para-hydroxylation sites is 1. The van der Waals surface area contributed by atoms with E-state index in [9.17, 15) is 14.7 Å². The molecule has 3 aliphatic rings. The SMILES string of the molecule is O=C1CCC(N2Cc3cc(O[C@H]4CCCC[C@@H]4Oc4ccccc4)ccc3C2=O)C(O)=[NH+]1. The smallest absolute Gasteiger partial charge is 0.388 e. The van der Waals surface area contributed by atoms with Gasteiger partial charge in [-0.25, -0.2) is 4.79 Å². The van der Waals surface area contributed by atoms with Crippen molar-refractivity contribution in [2.75, 3.05) is 0 Å². The standard InChI is InChI=1S/C25H26N2O5/c28-23-13-12-20(24(29)26-23)27-15-16-14-18(10-11-19(16)25(27)30)32-22-9-5-4-8-21(22)31-17-6-2-1-3-7-17/h1-3,6-7,10-11,14,20-22H,4-5,8-9,12-13,15H2,(H,26,28,29)/p+1/t20?,21-,22-/m0/s1. The summed E-state index contributed by atoms with van der Waals surface area (Å²) in [5.74, 6) is 1.05. The van der Waals surface area contributed by atoms with Gasteiger partial charge in [0, 0.05) is 12.1 Å². The number of rotatable bonds is 5. The predicted octanol–water partition coefficient (Wildman–Crippen LogP) is 2.14. The topological polar surface area (TPSA) is 90.0 Å². The van der Waals surface area contributed by atoms with E-state index in [1.165, 1.54) is 0 Å². The van der Waals surface area contributed by atoms with Crippen LogP contribution in [0.3, 0.4) is 0 Å². The van der Waals surface area contributed by atoms with E-state index in [4.69, 9.17) is 9.47 Å². The van der Waals surface area contributed by atoms with Crippen molar-refractivity contribution in [2.45, 2.75) is 63.3 Å². The van der Waals surface area contributed by atoms with Crippen molar-refractivity contribution >= 4 is 17.7 Å². The van der Waals surface area contributed by atoms with E-state index in [0.29, 0.717) is 18.5 Å². The second-order valence-corrected chi connectivity index (χ2v) is 8.65. The molecule has 1 saturated carbocycles. The highest BCUT2D eigenvalue weighted by atomic mass is 16.5. The van der Waals surface area contributed by atoms with Gasteiger partial charge in [0.05, 0.1) is 6.42 Å². The Hall–Kier alpha value is -3.35. The number of benzene rings is 2. The molecule has 7 nitrogen and oxygen atoms in total. The monoisotopic (exact) mass is 435 g/mol. The highest BCUT2D eigenvalue weighted by Crippen LogP contribution is 2.32. The molecule has 2 heterocycles. The highest BCUT2D eigenvalue weighted by molar-refractivity contribution is 6.01.